The number of nitrogens with one attached hydrogen (secondary N) is 1. The van der Waals surface area contributed by atoms with Gasteiger partial charge in [-0.25, -0.2) is 9.18 Å². The lowest BCUT2D eigenvalue weighted by Crippen LogP contribution is -2.56. The monoisotopic (exact) mass is 486 g/mol. The van der Waals surface area contributed by atoms with E-state index in [1.807, 2.05) is 0 Å². The molecular weight excluding hydrogens is 451 g/mol. The number of halogens is 1. The summed E-state index contributed by atoms with van der Waals surface area (Å²) in [6, 6.07) is 4.56. The Hall–Kier alpha value is -2.50. The quantitative estimate of drug-likeness (QED) is 0.523. The van der Waals surface area contributed by atoms with E-state index in [1.165, 1.54) is 22.8 Å². The Morgan fingerprint density at radius 1 is 1.30 bits per heavy atom. The fraction of sp³-hybridized carbons (Fsp3) is 0.591. The molecule has 0 bridgehead atoms. The van der Waals surface area contributed by atoms with Crippen molar-refractivity contribution in [3.63, 3.8) is 0 Å². The molecule has 0 radical (unpaired) electrons. The van der Waals surface area contributed by atoms with Gasteiger partial charge in [0.25, 0.3) is 5.91 Å². The number of anilines is 2. The first-order valence-electron chi connectivity index (χ1n) is 10.0. The summed E-state index contributed by atoms with van der Waals surface area (Å²) in [4.78, 5) is 29.7. The van der Waals surface area contributed by atoms with Crippen LogP contribution in [0.15, 0.2) is 18.2 Å². The normalized spacial score (nSPS) is 19.7. The number of cyclic esters (lactones) is 1. The van der Waals surface area contributed by atoms with Gasteiger partial charge in [0.1, 0.15) is 11.9 Å². The van der Waals surface area contributed by atoms with Crippen LogP contribution in [-0.2, 0) is 9.53 Å². The van der Waals surface area contributed by atoms with Gasteiger partial charge in [0.2, 0.25) is 0 Å². The molecular formula is C22H35FN4O5S. The highest BCUT2D eigenvalue weighted by molar-refractivity contribution is 7.80. The number of ether oxygens (including phenoxy) is 1. The Balaban J connectivity index is 0.00000272. The van der Waals surface area contributed by atoms with E-state index in [4.69, 9.17) is 22.1 Å². The lowest BCUT2D eigenvalue weighted by Gasteiger charge is -2.38. The highest BCUT2D eigenvalue weighted by Gasteiger charge is 2.36. The van der Waals surface area contributed by atoms with Crippen LogP contribution in [0.2, 0.25) is 0 Å². The number of piperazine rings is 1. The van der Waals surface area contributed by atoms with Crippen LogP contribution < -0.4 is 15.1 Å². The number of nitrogens with zero attached hydrogens (tertiary/aromatic N) is 3. The van der Waals surface area contributed by atoms with E-state index in [2.05, 4.69) is 5.32 Å². The lowest BCUT2D eigenvalue weighted by atomic mass is 10.1. The molecule has 2 amide bonds. The molecule has 33 heavy (non-hydrogen) atoms. The number of hydrogen-bond acceptors (Lipinski definition) is 7. The standard InChI is InChI=1S/C20H27FN4O5S.2CH4/c1-13(31)22-10-15-11-25(19(28)30-15)14-3-4-17(16(21)9-14)23-5-7-24(8-6-23)18(27)20(2,29)12-26;;/h3-4,9,15,26,29H,5-8,10-12H2,1-2H3,(H,22,31);2*1H4/t15-,20?;;/m0../s1. The minimum Gasteiger partial charge on any atom is -0.442 e. The highest BCUT2D eigenvalue weighted by atomic mass is 32.1. The number of hydrogen-bond donors (Lipinski definition) is 3. The molecule has 0 saturated carbocycles. The molecule has 9 nitrogen and oxygen atoms in total. The van der Waals surface area contributed by atoms with Crippen LogP contribution in [-0.4, -0.2) is 89.7 Å². The summed E-state index contributed by atoms with van der Waals surface area (Å²) in [5.41, 5.74) is -1.05. The summed E-state index contributed by atoms with van der Waals surface area (Å²) < 4.78 is 20.2. The van der Waals surface area contributed by atoms with Gasteiger partial charge >= 0.3 is 6.09 Å². The van der Waals surface area contributed by atoms with Crippen LogP contribution in [0.5, 0.6) is 0 Å². The summed E-state index contributed by atoms with van der Waals surface area (Å²) in [5, 5.41) is 22.1. The number of carbonyl (C=O) groups excluding carboxylic acids is 2. The molecule has 2 atom stereocenters. The van der Waals surface area contributed by atoms with Crippen LogP contribution >= 0.6 is 12.2 Å². The molecule has 1 unspecified atom stereocenters. The van der Waals surface area contributed by atoms with E-state index >= 15 is 0 Å². The molecule has 2 aliphatic heterocycles. The molecule has 2 heterocycles. The van der Waals surface area contributed by atoms with Crippen molar-refractivity contribution in [2.75, 3.05) is 55.7 Å². The Morgan fingerprint density at radius 2 is 1.94 bits per heavy atom. The van der Waals surface area contributed by atoms with Crippen LogP contribution in [0.3, 0.4) is 0 Å². The fourth-order valence-electron chi connectivity index (χ4n) is 3.58. The van der Waals surface area contributed by atoms with Crippen molar-refractivity contribution in [3.8, 4) is 0 Å². The fourth-order valence-corrected chi connectivity index (χ4v) is 3.66. The Labute approximate surface area is 200 Å². The van der Waals surface area contributed by atoms with Gasteiger partial charge in [-0.3, -0.25) is 9.69 Å². The lowest BCUT2D eigenvalue weighted by molar-refractivity contribution is -0.153. The second-order valence-corrected chi connectivity index (χ2v) is 8.51. The van der Waals surface area contributed by atoms with E-state index in [9.17, 15) is 19.1 Å². The van der Waals surface area contributed by atoms with Gasteiger partial charge in [0.05, 0.1) is 36.1 Å². The third kappa shape index (κ3) is 6.52. The molecule has 1 aromatic carbocycles. The molecule has 2 aliphatic rings. The largest absolute Gasteiger partial charge is 0.442 e. The SMILES string of the molecule is C.C.CC(=S)NC[C@H]1CN(c2ccc(N3CCN(C(=O)C(C)(O)CO)CC3)c(F)c2)C(=O)O1. The molecule has 186 valence electrons. The first kappa shape index (κ1) is 28.5. The molecule has 11 heteroatoms. The van der Waals surface area contributed by atoms with Crippen molar-refractivity contribution in [2.45, 2.75) is 40.4 Å². The first-order chi connectivity index (χ1) is 14.6. The molecule has 3 N–H and O–H groups in total. The molecule has 0 aromatic heterocycles. The smallest absolute Gasteiger partial charge is 0.414 e. The summed E-state index contributed by atoms with van der Waals surface area (Å²) in [5.74, 6) is -1.03. The number of benzene rings is 1. The molecule has 2 fully saturated rings. The second-order valence-electron chi connectivity index (χ2n) is 7.90. The van der Waals surface area contributed by atoms with Gasteiger partial charge < -0.3 is 30.1 Å². The Kier molecular flexibility index (Phi) is 10.0. The maximum absolute atomic E-state index is 14.9. The predicted molar refractivity (Wildman–Crippen MR) is 130 cm³/mol. The van der Waals surface area contributed by atoms with Crippen molar-refractivity contribution in [1.29, 1.82) is 0 Å². The summed E-state index contributed by atoms with van der Waals surface area (Å²) in [6.45, 7) is 4.36. The van der Waals surface area contributed by atoms with E-state index in [0.717, 1.165) is 0 Å². The third-order valence-corrected chi connectivity index (χ3v) is 5.52. The van der Waals surface area contributed by atoms with Gasteiger partial charge in [0.15, 0.2) is 5.60 Å². The number of carbonyl (C=O) groups is 2. The average molecular weight is 487 g/mol. The molecule has 2 saturated heterocycles. The maximum Gasteiger partial charge on any atom is 0.414 e. The van der Waals surface area contributed by atoms with E-state index in [-0.39, 0.29) is 21.0 Å². The Morgan fingerprint density at radius 3 is 2.48 bits per heavy atom. The maximum atomic E-state index is 14.9. The van der Waals surface area contributed by atoms with E-state index < -0.39 is 30.0 Å². The Bertz CT molecular complexity index is 861. The van der Waals surface area contributed by atoms with Crippen LogP contribution in [0, 0.1) is 5.82 Å². The number of rotatable bonds is 6. The topological polar surface area (TPSA) is 106 Å². The van der Waals surface area contributed by atoms with Gasteiger partial charge in [-0.05, 0) is 32.0 Å². The van der Waals surface area contributed by atoms with Crippen LogP contribution in [0.4, 0.5) is 20.6 Å². The van der Waals surface area contributed by atoms with Gasteiger partial charge in [0, 0.05) is 26.2 Å². The number of thiocarbonyl (C=S) groups is 1. The highest BCUT2D eigenvalue weighted by Crippen LogP contribution is 2.28. The number of aliphatic hydroxyl groups excluding tert-OH is 1. The number of aliphatic hydroxyl groups is 2. The van der Waals surface area contributed by atoms with Crippen molar-refractivity contribution < 1.29 is 28.9 Å². The summed E-state index contributed by atoms with van der Waals surface area (Å²) >= 11 is 4.96. The van der Waals surface area contributed by atoms with Crippen LogP contribution in [0.1, 0.15) is 28.7 Å². The number of amides is 2. The van der Waals surface area contributed by atoms with Gasteiger partial charge in [-0.15, -0.1) is 0 Å². The zero-order valence-electron chi connectivity index (χ0n) is 17.5. The summed E-state index contributed by atoms with van der Waals surface area (Å²) in [7, 11) is 0. The van der Waals surface area contributed by atoms with E-state index in [1.54, 1.807) is 24.0 Å². The first-order valence-corrected chi connectivity index (χ1v) is 10.4. The van der Waals surface area contributed by atoms with Crippen molar-refractivity contribution >= 4 is 40.6 Å². The molecule has 0 spiro atoms. The van der Waals surface area contributed by atoms with Crippen LogP contribution in [0.25, 0.3) is 0 Å². The summed E-state index contributed by atoms with van der Waals surface area (Å²) in [6.07, 6.45) is -0.918. The van der Waals surface area contributed by atoms with E-state index in [0.29, 0.717) is 55.6 Å². The van der Waals surface area contributed by atoms with Crippen molar-refractivity contribution in [3.05, 3.63) is 24.0 Å². The van der Waals surface area contributed by atoms with Crippen molar-refractivity contribution in [2.24, 2.45) is 0 Å². The molecule has 3 rings (SSSR count). The minimum atomic E-state index is -1.82. The zero-order chi connectivity index (χ0) is 22.8. The molecule has 0 aliphatic carbocycles. The minimum absolute atomic E-state index is 0. The van der Waals surface area contributed by atoms with Crippen molar-refractivity contribution in [1.82, 2.24) is 10.2 Å². The second kappa shape index (κ2) is 11.6. The average Bonchev–Trinajstić information content (AvgIpc) is 3.12. The van der Waals surface area contributed by atoms with Gasteiger partial charge in [-0.2, -0.15) is 0 Å². The zero-order valence-corrected chi connectivity index (χ0v) is 18.3. The predicted octanol–water partition coefficient (Wildman–Crippen LogP) is 1.75. The third-order valence-electron chi connectivity index (χ3n) is 5.37. The molecule has 1 aromatic rings. The van der Waals surface area contributed by atoms with Gasteiger partial charge in [-0.1, -0.05) is 27.1 Å².